The van der Waals surface area contributed by atoms with Crippen LogP contribution in [0.1, 0.15) is 0 Å². The molecule has 0 aromatic heterocycles. The summed E-state index contributed by atoms with van der Waals surface area (Å²) in [4.78, 5) is 0. The van der Waals surface area contributed by atoms with Crippen molar-refractivity contribution in [2.24, 2.45) is 0 Å². The van der Waals surface area contributed by atoms with Crippen LogP contribution < -0.4 is 0 Å². The molecule has 0 bridgehead atoms. The van der Waals surface area contributed by atoms with Gasteiger partial charge in [0.2, 0.25) is 0 Å². The minimum atomic E-state index is -2.00. The van der Waals surface area contributed by atoms with Crippen LogP contribution in [-0.4, -0.2) is 32.9 Å². The first-order chi connectivity index (χ1) is 1.41. The molecule has 0 aliphatic carbocycles. The van der Waals surface area contributed by atoms with E-state index in [0.29, 0.717) is 0 Å². The monoisotopic (exact) mass is 180 g/mol. The van der Waals surface area contributed by atoms with Crippen LogP contribution in [0, 0.1) is 0 Å². The average molecular weight is 177 g/mol. The summed E-state index contributed by atoms with van der Waals surface area (Å²) in [6, 6.07) is 0. The van der Waals surface area contributed by atoms with Gasteiger partial charge in [-0.25, -0.2) is 0 Å². The maximum atomic E-state index is 8.50. The van der Waals surface area contributed by atoms with Crippen molar-refractivity contribution in [3.8, 4) is 0 Å². The zero-order valence-electron chi connectivity index (χ0n) is 1.82. The molecule has 0 heterocycles. The van der Waals surface area contributed by atoms with Gasteiger partial charge < -0.3 is 0 Å². The first kappa shape index (κ1) is 8.82. The molecule has 0 spiro atoms. The summed E-state index contributed by atoms with van der Waals surface area (Å²) >= 11 is -2.00. The van der Waals surface area contributed by atoms with E-state index in [4.69, 9.17) is 7.56 Å². The maximum absolute atomic E-state index is 8.50. The van der Waals surface area contributed by atoms with Gasteiger partial charge in [-0.2, -0.15) is 0 Å². The molecule has 0 saturated heterocycles. The minimum absolute atomic E-state index is 0. The first-order valence-electron chi connectivity index (χ1n) is 0.408. The zero-order chi connectivity index (χ0) is 2.71. The van der Waals surface area contributed by atoms with E-state index >= 15 is 0 Å². The summed E-state index contributed by atoms with van der Waals surface area (Å²) in [5.74, 6) is 0. The van der Waals surface area contributed by atoms with Crippen LogP contribution in [-0.2, 0) is 7.56 Å². The van der Waals surface area contributed by atoms with E-state index < -0.39 is 15.3 Å². The molecule has 4 radical (unpaired) electrons. The normalized spacial score (nSPS) is 2.00. The van der Waals surface area contributed by atoms with Gasteiger partial charge in [0.25, 0.3) is 0 Å². The van der Waals surface area contributed by atoms with E-state index in [-0.39, 0.29) is 17.6 Å². The number of hydrogen-bond acceptors (Lipinski definition) is 2. The molecule has 2 nitrogen and oxygen atoms in total. The summed E-state index contributed by atoms with van der Waals surface area (Å²) in [5.41, 5.74) is 0. The third kappa shape index (κ3) is 16.2. The topological polar surface area (TPSA) is 34.1 Å². The molecular weight excluding hydrogens is 177 g/mol. The molecular formula is Ge2O2. The van der Waals surface area contributed by atoms with Crippen LogP contribution in [0.15, 0.2) is 0 Å². The summed E-state index contributed by atoms with van der Waals surface area (Å²) in [7, 11) is 0. The molecule has 0 amide bonds. The molecule has 0 rings (SSSR count). The zero-order valence-corrected chi connectivity index (χ0v) is 6.01. The Kier molecular flexibility index (Phi) is 20.6. The van der Waals surface area contributed by atoms with Gasteiger partial charge in [0.1, 0.15) is 0 Å². The molecule has 4 heavy (non-hydrogen) atoms. The van der Waals surface area contributed by atoms with Crippen molar-refractivity contribution >= 4 is 32.9 Å². The standard InChI is InChI=1S/GeO2.Ge/c2-1-3;. The Hall–Kier alpha value is 0.686. The Morgan fingerprint density at radius 2 is 1.25 bits per heavy atom. The van der Waals surface area contributed by atoms with Crippen molar-refractivity contribution in [1.29, 1.82) is 0 Å². The van der Waals surface area contributed by atoms with E-state index in [2.05, 4.69) is 0 Å². The van der Waals surface area contributed by atoms with Gasteiger partial charge in [-0.3, -0.25) is 0 Å². The molecule has 4 heteroatoms. The van der Waals surface area contributed by atoms with E-state index in [1.807, 2.05) is 0 Å². The fourth-order valence-electron chi connectivity index (χ4n) is 0. The van der Waals surface area contributed by atoms with Crippen molar-refractivity contribution in [1.82, 2.24) is 0 Å². The molecule has 0 saturated carbocycles. The van der Waals surface area contributed by atoms with Gasteiger partial charge in [0.15, 0.2) is 0 Å². The van der Waals surface area contributed by atoms with Gasteiger partial charge in [0, 0.05) is 17.6 Å². The molecule has 0 aromatic carbocycles. The van der Waals surface area contributed by atoms with Crippen LogP contribution >= 0.6 is 0 Å². The molecule has 0 aromatic rings. The van der Waals surface area contributed by atoms with Crippen molar-refractivity contribution in [2.75, 3.05) is 0 Å². The second-order valence-corrected chi connectivity index (χ2v) is 0.433. The predicted molar refractivity (Wildman–Crippen MR) is 12.9 cm³/mol. The second kappa shape index (κ2) is 9.36. The Morgan fingerprint density at radius 3 is 1.25 bits per heavy atom. The fraction of sp³-hybridized carbons (Fsp3) is 0. The molecule has 20 valence electrons. The third-order valence-electron chi connectivity index (χ3n) is 0. The van der Waals surface area contributed by atoms with Crippen molar-refractivity contribution < 1.29 is 7.56 Å². The van der Waals surface area contributed by atoms with Gasteiger partial charge in [-0.15, -0.1) is 0 Å². The van der Waals surface area contributed by atoms with Gasteiger partial charge in [-0.05, 0) is 0 Å². The van der Waals surface area contributed by atoms with E-state index in [1.54, 1.807) is 0 Å². The van der Waals surface area contributed by atoms with Crippen molar-refractivity contribution in [2.45, 2.75) is 0 Å². The Morgan fingerprint density at radius 1 is 1.25 bits per heavy atom. The summed E-state index contributed by atoms with van der Waals surface area (Å²) in [6.45, 7) is 0. The van der Waals surface area contributed by atoms with Crippen molar-refractivity contribution in [3.63, 3.8) is 0 Å². The van der Waals surface area contributed by atoms with Gasteiger partial charge >= 0.3 is 22.9 Å². The van der Waals surface area contributed by atoms with Crippen LogP contribution in [0.3, 0.4) is 0 Å². The third-order valence-corrected chi connectivity index (χ3v) is 0. The Bertz CT molecular complexity index is 25.0. The van der Waals surface area contributed by atoms with Crippen molar-refractivity contribution in [3.05, 3.63) is 0 Å². The van der Waals surface area contributed by atoms with E-state index in [0.717, 1.165) is 0 Å². The summed E-state index contributed by atoms with van der Waals surface area (Å²) in [6.07, 6.45) is 0. The van der Waals surface area contributed by atoms with Gasteiger partial charge in [-0.1, -0.05) is 0 Å². The van der Waals surface area contributed by atoms with Gasteiger partial charge in [0.05, 0.1) is 0 Å². The molecule has 0 unspecified atom stereocenters. The molecule has 0 N–H and O–H groups in total. The van der Waals surface area contributed by atoms with Crippen LogP contribution in [0.5, 0.6) is 0 Å². The van der Waals surface area contributed by atoms with Crippen LogP contribution in [0.2, 0.25) is 0 Å². The predicted octanol–water partition coefficient (Wildman–Crippen LogP) is -0.999. The average Bonchev–Trinajstić information content (AvgIpc) is 0.918. The number of hydrogen-bond donors (Lipinski definition) is 0. The Labute approximate surface area is 40.8 Å². The SMILES string of the molecule is [Ge].[O]=[Ge]=[O]. The Balaban J connectivity index is 0. The van der Waals surface area contributed by atoms with Crippen LogP contribution in [0.4, 0.5) is 0 Å². The molecule has 0 aliphatic rings. The molecule has 0 aliphatic heterocycles. The molecule has 0 atom stereocenters. The number of rotatable bonds is 0. The quantitative estimate of drug-likeness (QED) is 0.445. The molecule has 0 fully saturated rings. The second-order valence-electron chi connectivity index (χ2n) is 0.0833. The fourth-order valence-corrected chi connectivity index (χ4v) is 0. The first-order valence-corrected chi connectivity index (χ1v) is 2.12. The van der Waals surface area contributed by atoms with Crippen LogP contribution in [0.25, 0.3) is 0 Å². The van der Waals surface area contributed by atoms with E-state index in [9.17, 15) is 0 Å². The van der Waals surface area contributed by atoms with E-state index in [1.165, 1.54) is 0 Å². The summed E-state index contributed by atoms with van der Waals surface area (Å²) in [5, 5.41) is 0. The summed E-state index contributed by atoms with van der Waals surface area (Å²) < 4.78 is 17.0.